The Labute approximate surface area is 87.9 Å². The van der Waals surface area contributed by atoms with Crippen LogP contribution in [0, 0.1) is 5.41 Å². The molecule has 1 saturated carbocycles. The monoisotopic (exact) mass is 225 g/mol. The van der Waals surface area contributed by atoms with Crippen LogP contribution in [0.1, 0.15) is 32.6 Å². The van der Waals surface area contributed by atoms with Gasteiger partial charge in [0.05, 0.1) is 0 Å². The summed E-state index contributed by atoms with van der Waals surface area (Å²) in [5.74, 6) is 0. The standard InChI is InChI=1S/C10H18F3NO/c1-2-9(4-3-5-9)7-14-6-8(15)10(11,12)13/h8,14-15H,2-7H2,1H3. The molecule has 0 bridgehead atoms. The molecule has 1 atom stereocenters. The predicted molar refractivity (Wildman–Crippen MR) is 51.5 cm³/mol. The maximum Gasteiger partial charge on any atom is 0.415 e. The van der Waals surface area contributed by atoms with Crippen molar-refractivity contribution in [1.82, 2.24) is 5.32 Å². The summed E-state index contributed by atoms with van der Waals surface area (Å²) in [5, 5.41) is 11.5. The van der Waals surface area contributed by atoms with E-state index < -0.39 is 18.8 Å². The van der Waals surface area contributed by atoms with E-state index in [0.29, 0.717) is 6.54 Å². The smallest absolute Gasteiger partial charge is 0.382 e. The van der Waals surface area contributed by atoms with Gasteiger partial charge in [-0.05, 0) is 24.7 Å². The first kappa shape index (κ1) is 12.8. The minimum Gasteiger partial charge on any atom is -0.382 e. The number of alkyl halides is 3. The summed E-state index contributed by atoms with van der Waals surface area (Å²) in [6, 6.07) is 0. The third-order valence-corrected chi connectivity index (χ3v) is 3.38. The van der Waals surface area contributed by atoms with Gasteiger partial charge in [-0.15, -0.1) is 0 Å². The van der Waals surface area contributed by atoms with Crippen molar-refractivity contribution in [3.05, 3.63) is 0 Å². The average Bonchev–Trinajstić information content (AvgIpc) is 2.07. The van der Waals surface area contributed by atoms with Gasteiger partial charge in [-0.2, -0.15) is 13.2 Å². The van der Waals surface area contributed by atoms with E-state index in [0.717, 1.165) is 25.7 Å². The van der Waals surface area contributed by atoms with Crippen LogP contribution in [0.4, 0.5) is 13.2 Å². The third-order valence-electron chi connectivity index (χ3n) is 3.38. The lowest BCUT2D eigenvalue weighted by Gasteiger charge is -2.41. The highest BCUT2D eigenvalue weighted by Gasteiger charge is 2.39. The molecule has 0 radical (unpaired) electrons. The lowest BCUT2D eigenvalue weighted by Crippen LogP contribution is -2.45. The molecule has 0 spiro atoms. The quantitative estimate of drug-likeness (QED) is 0.750. The van der Waals surface area contributed by atoms with Crippen molar-refractivity contribution in [3.63, 3.8) is 0 Å². The molecule has 1 unspecified atom stereocenters. The highest BCUT2D eigenvalue weighted by atomic mass is 19.4. The largest absolute Gasteiger partial charge is 0.415 e. The molecule has 0 saturated heterocycles. The fourth-order valence-corrected chi connectivity index (χ4v) is 1.92. The van der Waals surface area contributed by atoms with Gasteiger partial charge in [0.2, 0.25) is 0 Å². The van der Waals surface area contributed by atoms with Crippen molar-refractivity contribution in [2.45, 2.75) is 44.9 Å². The topological polar surface area (TPSA) is 32.3 Å². The Morgan fingerprint density at radius 1 is 1.40 bits per heavy atom. The van der Waals surface area contributed by atoms with E-state index in [1.165, 1.54) is 0 Å². The first-order chi connectivity index (χ1) is 6.90. The lowest BCUT2D eigenvalue weighted by molar-refractivity contribution is -0.202. The minimum absolute atomic E-state index is 0.186. The van der Waals surface area contributed by atoms with E-state index in [1.54, 1.807) is 0 Å². The van der Waals surface area contributed by atoms with Crippen molar-refractivity contribution in [2.75, 3.05) is 13.1 Å². The van der Waals surface area contributed by atoms with Crippen LogP contribution >= 0.6 is 0 Å². The molecule has 1 aliphatic rings. The number of aliphatic hydroxyl groups is 1. The highest BCUT2D eigenvalue weighted by Crippen LogP contribution is 2.43. The van der Waals surface area contributed by atoms with Crippen LogP contribution in [0.3, 0.4) is 0 Å². The molecule has 0 heterocycles. The molecule has 90 valence electrons. The van der Waals surface area contributed by atoms with E-state index in [1.807, 2.05) is 0 Å². The molecule has 1 aliphatic carbocycles. The number of hydrogen-bond donors (Lipinski definition) is 2. The molecule has 0 aliphatic heterocycles. The number of nitrogens with one attached hydrogen (secondary N) is 1. The summed E-state index contributed by atoms with van der Waals surface area (Å²) in [6.45, 7) is 2.24. The van der Waals surface area contributed by atoms with Gasteiger partial charge in [0, 0.05) is 13.1 Å². The summed E-state index contributed by atoms with van der Waals surface area (Å²) in [7, 11) is 0. The summed E-state index contributed by atoms with van der Waals surface area (Å²) in [5.41, 5.74) is 0.186. The molecule has 1 fully saturated rings. The molecule has 2 N–H and O–H groups in total. The van der Waals surface area contributed by atoms with E-state index in [9.17, 15) is 13.2 Å². The second kappa shape index (κ2) is 4.70. The molecular weight excluding hydrogens is 207 g/mol. The van der Waals surface area contributed by atoms with Crippen LogP contribution in [0.25, 0.3) is 0 Å². The van der Waals surface area contributed by atoms with Crippen molar-refractivity contribution in [2.24, 2.45) is 5.41 Å². The van der Waals surface area contributed by atoms with E-state index in [4.69, 9.17) is 5.11 Å². The molecule has 2 nitrogen and oxygen atoms in total. The Morgan fingerprint density at radius 2 is 2.00 bits per heavy atom. The predicted octanol–water partition coefficient (Wildman–Crippen LogP) is 2.08. The van der Waals surface area contributed by atoms with Crippen molar-refractivity contribution >= 4 is 0 Å². The molecule has 15 heavy (non-hydrogen) atoms. The first-order valence-corrected chi connectivity index (χ1v) is 5.35. The van der Waals surface area contributed by atoms with E-state index >= 15 is 0 Å². The van der Waals surface area contributed by atoms with Crippen LogP contribution in [-0.2, 0) is 0 Å². The van der Waals surface area contributed by atoms with Crippen molar-refractivity contribution in [3.8, 4) is 0 Å². The molecule has 0 aromatic carbocycles. The lowest BCUT2D eigenvalue weighted by atomic mass is 9.67. The van der Waals surface area contributed by atoms with Gasteiger partial charge in [-0.25, -0.2) is 0 Å². The van der Waals surface area contributed by atoms with Crippen molar-refractivity contribution in [1.29, 1.82) is 0 Å². The molecule has 5 heteroatoms. The Balaban J connectivity index is 2.21. The van der Waals surface area contributed by atoms with Gasteiger partial charge in [0.25, 0.3) is 0 Å². The summed E-state index contributed by atoms with van der Waals surface area (Å²) in [4.78, 5) is 0. The number of aliphatic hydroxyl groups excluding tert-OH is 1. The second-order valence-electron chi connectivity index (χ2n) is 4.40. The third kappa shape index (κ3) is 3.34. The molecule has 0 aromatic heterocycles. The second-order valence-corrected chi connectivity index (χ2v) is 4.40. The highest BCUT2D eigenvalue weighted by molar-refractivity contribution is 4.88. The van der Waals surface area contributed by atoms with Crippen LogP contribution in [0.15, 0.2) is 0 Å². The van der Waals surface area contributed by atoms with Crippen LogP contribution in [0.2, 0.25) is 0 Å². The van der Waals surface area contributed by atoms with Gasteiger partial charge in [-0.1, -0.05) is 13.3 Å². The first-order valence-electron chi connectivity index (χ1n) is 5.35. The SMILES string of the molecule is CCC1(CNCC(O)C(F)(F)F)CCC1. The minimum atomic E-state index is -4.51. The number of rotatable bonds is 5. The van der Waals surface area contributed by atoms with E-state index in [-0.39, 0.29) is 5.41 Å². The Hall–Kier alpha value is -0.290. The van der Waals surface area contributed by atoms with Gasteiger partial charge in [0.1, 0.15) is 0 Å². The number of hydrogen-bond acceptors (Lipinski definition) is 2. The van der Waals surface area contributed by atoms with Crippen LogP contribution in [0.5, 0.6) is 0 Å². The van der Waals surface area contributed by atoms with Gasteiger partial charge in [0.15, 0.2) is 6.10 Å². The Morgan fingerprint density at radius 3 is 2.33 bits per heavy atom. The molecule has 0 aromatic rings. The van der Waals surface area contributed by atoms with Crippen molar-refractivity contribution < 1.29 is 18.3 Å². The zero-order chi connectivity index (χ0) is 11.5. The normalized spacial score (nSPS) is 22.2. The maximum absolute atomic E-state index is 12.0. The summed E-state index contributed by atoms with van der Waals surface area (Å²) >= 11 is 0. The van der Waals surface area contributed by atoms with Crippen LogP contribution in [-0.4, -0.2) is 30.5 Å². The summed E-state index contributed by atoms with van der Waals surface area (Å²) in [6.07, 6.45) is -2.44. The number of halogens is 3. The van der Waals surface area contributed by atoms with Gasteiger partial charge in [-0.3, -0.25) is 0 Å². The zero-order valence-electron chi connectivity index (χ0n) is 8.90. The molecule has 0 amide bonds. The van der Waals surface area contributed by atoms with Crippen LogP contribution < -0.4 is 5.32 Å². The summed E-state index contributed by atoms with van der Waals surface area (Å²) < 4.78 is 35.9. The van der Waals surface area contributed by atoms with Gasteiger partial charge >= 0.3 is 6.18 Å². The molecule has 1 rings (SSSR count). The Kier molecular flexibility index (Phi) is 4.00. The molecular formula is C10H18F3NO. The maximum atomic E-state index is 12.0. The van der Waals surface area contributed by atoms with E-state index in [2.05, 4.69) is 12.2 Å². The fraction of sp³-hybridized carbons (Fsp3) is 1.00. The van der Waals surface area contributed by atoms with Gasteiger partial charge < -0.3 is 10.4 Å². The zero-order valence-corrected chi connectivity index (χ0v) is 8.90. The fourth-order valence-electron chi connectivity index (χ4n) is 1.92. The average molecular weight is 225 g/mol. The Bertz CT molecular complexity index is 196.